The fraction of sp³-hybridized carbons (Fsp3) is 0.500. The molecule has 2 atom stereocenters. The number of aromatic nitrogens is 1. The molecule has 0 bridgehead atoms. The van der Waals surface area contributed by atoms with E-state index >= 15 is 0 Å². The van der Waals surface area contributed by atoms with Crippen molar-refractivity contribution in [1.82, 2.24) is 9.88 Å². The molecule has 0 saturated carbocycles. The van der Waals surface area contributed by atoms with E-state index in [0.29, 0.717) is 0 Å². The van der Waals surface area contributed by atoms with Gasteiger partial charge in [-0.05, 0) is 19.9 Å². The molecule has 1 aliphatic heterocycles. The van der Waals surface area contributed by atoms with Crippen molar-refractivity contribution in [1.29, 1.82) is 0 Å². The molecule has 0 radical (unpaired) electrons. The third kappa shape index (κ3) is 2.07. The van der Waals surface area contributed by atoms with Crippen molar-refractivity contribution in [3.05, 3.63) is 30.1 Å². The van der Waals surface area contributed by atoms with Gasteiger partial charge in [0.15, 0.2) is 6.10 Å². The summed E-state index contributed by atoms with van der Waals surface area (Å²) in [6.07, 6.45) is 3.07. The van der Waals surface area contributed by atoms with Crippen LogP contribution in [0.1, 0.15) is 25.5 Å². The molecule has 1 saturated heterocycles. The summed E-state index contributed by atoms with van der Waals surface area (Å²) >= 11 is 0. The quantitative estimate of drug-likeness (QED) is 0.720. The van der Waals surface area contributed by atoms with Gasteiger partial charge in [0.05, 0.1) is 0 Å². The number of rotatable bonds is 4. The van der Waals surface area contributed by atoms with Gasteiger partial charge in [0, 0.05) is 31.0 Å². The Hall–Kier alpha value is -1.42. The molecule has 1 aromatic rings. The second kappa shape index (κ2) is 4.61. The molecule has 1 aliphatic rings. The van der Waals surface area contributed by atoms with Gasteiger partial charge in [0.2, 0.25) is 0 Å². The Morgan fingerprint density at radius 2 is 2.25 bits per heavy atom. The monoisotopic (exact) mass is 220 g/mol. The van der Waals surface area contributed by atoms with Crippen LogP contribution in [0.15, 0.2) is 24.5 Å². The lowest BCUT2D eigenvalue weighted by molar-refractivity contribution is -0.132. The number of carbonyl (C=O) groups is 1. The van der Waals surface area contributed by atoms with E-state index in [2.05, 4.69) is 4.98 Å². The Labute approximate surface area is 95.2 Å². The molecule has 2 heterocycles. The summed E-state index contributed by atoms with van der Waals surface area (Å²) in [5, 5.41) is 0. The summed E-state index contributed by atoms with van der Waals surface area (Å²) in [7, 11) is 0. The van der Waals surface area contributed by atoms with Crippen LogP contribution in [0.4, 0.5) is 0 Å². The largest absolute Gasteiger partial charge is 0.354 e. The van der Waals surface area contributed by atoms with Gasteiger partial charge in [-0.3, -0.25) is 9.78 Å². The number of nitrogens with zero attached hydrogens (tertiary/aromatic N) is 2. The van der Waals surface area contributed by atoms with E-state index in [-0.39, 0.29) is 18.1 Å². The minimum absolute atomic E-state index is 0.0823. The number of likely N-dealkylation sites (N-methyl/N-ethyl adjacent to an activating group) is 1. The number of epoxide rings is 1. The smallest absolute Gasteiger partial charge is 0.254 e. The Kier molecular flexibility index (Phi) is 3.19. The highest BCUT2D eigenvalue weighted by Crippen LogP contribution is 2.39. The van der Waals surface area contributed by atoms with E-state index < -0.39 is 0 Å². The molecule has 0 N–H and O–H groups in total. The van der Waals surface area contributed by atoms with Gasteiger partial charge in [0.1, 0.15) is 6.10 Å². The fourth-order valence-corrected chi connectivity index (χ4v) is 1.81. The van der Waals surface area contributed by atoms with Crippen molar-refractivity contribution in [3.8, 4) is 0 Å². The maximum absolute atomic E-state index is 11.9. The van der Waals surface area contributed by atoms with Crippen LogP contribution in [0.25, 0.3) is 0 Å². The summed E-state index contributed by atoms with van der Waals surface area (Å²) in [5.74, 6) is 0.0823. The molecular formula is C12H16N2O2. The van der Waals surface area contributed by atoms with E-state index in [1.54, 1.807) is 17.3 Å². The molecule has 1 fully saturated rings. The van der Waals surface area contributed by atoms with Gasteiger partial charge >= 0.3 is 0 Å². The second-order valence-corrected chi connectivity index (χ2v) is 3.77. The molecular weight excluding hydrogens is 204 g/mol. The summed E-state index contributed by atoms with van der Waals surface area (Å²) in [6, 6.07) is 3.79. The van der Waals surface area contributed by atoms with Crippen molar-refractivity contribution in [3.63, 3.8) is 0 Å². The Morgan fingerprint density at radius 3 is 2.81 bits per heavy atom. The molecule has 1 aromatic heterocycles. The fourth-order valence-electron chi connectivity index (χ4n) is 1.81. The summed E-state index contributed by atoms with van der Waals surface area (Å²) in [4.78, 5) is 17.7. The van der Waals surface area contributed by atoms with Crippen LogP contribution in [0.3, 0.4) is 0 Å². The zero-order valence-corrected chi connectivity index (χ0v) is 9.59. The van der Waals surface area contributed by atoms with Crippen molar-refractivity contribution < 1.29 is 9.53 Å². The van der Waals surface area contributed by atoms with E-state index in [9.17, 15) is 4.79 Å². The Bertz CT molecular complexity index is 363. The lowest BCUT2D eigenvalue weighted by Gasteiger charge is -2.16. The SMILES string of the molecule is CCN(CC)C(=O)[C@@H]1O[C@@H]1c1cccnc1. The maximum Gasteiger partial charge on any atom is 0.254 e. The van der Waals surface area contributed by atoms with Gasteiger partial charge < -0.3 is 9.64 Å². The number of hydrogen-bond donors (Lipinski definition) is 0. The lowest BCUT2D eigenvalue weighted by atomic mass is 10.1. The number of amides is 1. The summed E-state index contributed by atoms with van der Waals surface area (Å²) in [5.41, 5.74) is 0.980. The van der Waals surface area contributed by atoms with Crippen LogP contribution in [0.5, 0.6) is 0 Å². The number of ether oxygens (including phenoxy) is 1. The molecule has 16 heavy (non-hydrogen) atoms. The van der Waals surface area contributed by atoms with Gasteiger partial charge in [-0.1, -0.05) is 6.07 Å². The Balaban J connectivity index is 1.99. The first kappa shape index (κ1) is 11.1. The topological polar surface area (TPSA) is 45.7 Å². The standard InChI is InChI=1S/C12H16N2O2/c1-3-14(4-2)12(15)11-10(16-11)9-6-5-7-13-8-9/h5-8,10-11H,3-4H2,1-2H3/t10-,11-/m1/s1. The van der Waals surface area contributed by atoms with Crippen molar-refractivity contribution in [2.75, 3.05) is 13.1 Å². The van der Waals surface area contributed by atoms with Crippen LogP contribution in [-0.2, 0) is 9.53 Å². The van der Waals surface area contributed by atoms with Crippen LogP contribution >= 0.6 is 0 Å². The van der Waals surface area contributed by atoms with E-state index in [4.69, 9.17) is 4.74 Å². The summed E-state index contributed by atoms with van der Waals surface area (Å²) in [6.45, 7) is 5.41. The Morgan fingerprint density at radius 1 is 1.50 bits per heavy atom. The van der Waals surface area contributed by atoms with Crippen LogP contribution in [-0.4, -0.2) is 35.0 Å². The highest BCUT2D eigenvalue weighted by Gasteiger charge is 2.47. The molecule has 4 heteroatoms. The average molecular weight is 220 g/mol. The first-order valence-electron chi connectivity index (χ1n) is 5.62. The number of carbonyl (C=O) groups excluding carboxylic acids is 1. The molecule has 86 valence electrons. The van der Waals surface area contributed by atoms with Crippen molar-refractivity contribution in [2.24, 2.45) is 0 Å². The van der Waals surface area contributed by atoms with Crippen LogP contribution in [0.2, 0.25) is 0 Å². The molecule has 1 amide bonds. The van der Waals surface area contributed by atoms with E-state index in [1.165, 1.54) is 0 Å². The first-order valence-corrected chi connectivity index (χ1v) is 5.62. The predicted molar refractivity (Wildman–Crippen MR) is 59.8 cm³/mol. The second-order valence-electron chi connectivity index (χ2n) is 3.77. The average Bonchev–Trinajstić information content (AvgIpc) is 3.11. The number of pyridine rings is 1. The third-order valence-corrected chi connectivity index (χ3v) is 2.82. The predicted octanol–water partition coefficient (Wildman–Crippen LogP) is 1.39. The van der Waals surface area contributed by atoms with Gasteiger partial charge in [-0.25, -0.2) is 0 Å². The van der Waals surface area contributed by atoms with E-state index in [1.807, 2.05) is 26.0 Å². The van der Waals surface area contributed by atoms with Crippen LogP contribution < -0.4 is 0 Å². The first-order chi connectivity index (χ1) is 7.77. The van der Waals surface area contributed by atoms with Crippen molar-refractivity contribution in [2.45, 2.75) is 26.1 Å². The molecule has 2 rings (SSSR count). The summed E-state index contributed by atoms with van der Waals surface area (Å²) < 4.78 is 5.42. The lowest BCUT2D eigenvalue weighted by Crippen LogP contribution is -2.34. The zero-order valence-electron chi connectivity index (χ0n) is 9.59. The highest BCUT2D eigenvalue weighted by atomic mass is 16.6. The highest BCUT2D eigenvalue weighted by molar-refractivity contribution is 5.84. The molecule has 0 aromatic carbocycles. The van der Waals surface area contributed by atoms with Gasteiger partial charge in [-0.2, -0.15) is 0 Å². The normalized spacial score (nSPS) is 22.9. The van der Waals surface area contributed by atoms with E-state index in [0.717, 1.165) is 18.7 Å². The van der Waals surface area contributed by atoms with Crippen LogP contribution in [0, 0.1) is 0 Å². The molecule has 0 aliphatic carbocycles. The van der Waals surface area contributed by atoms with Crippen molar-refractivity contribution >= 4 is 5.91 Å². The van der Waals surface area contributed by atoms with Gasteiger partial charge in [0.25, 0.3) is 5.91 Å². The molecule has 0 spiro atoms. The molecule has 0 unspecified atom stereocenters. The molecule has 4 nitrogen and oxygen atoms in total. The number of hydrogen-bond acceptors (Lipinski definition) is 3. The minimum Gasteiger partial charge on any atom is -0.354 e. The zero-order chi connectivity index (χ0) is 11.5. The minimum atomic E-state index is -0.302. The third-order valence-electron chi connectivity index (χ3n) is 2.82. The van der Waals surface area contributed by atoms with Gasteiger partial charge in [-0.15, -0.1) is 0 Å². The maximum atomic E-state index is 11.9.